The van der Waals surface area contributed by atoms with Crippen LogP contribution in [0, 0.1) is 0 Å². The number of nitrogens with zero attached hydrogens (tertiary/aromatic N) is 5. The van der Waals surface area contributed by atoms with Gasteiger partial charge in [0.05, 0.1) is 39.5 Å². The van der Waals surface area contributed by atoms with Crippen molar-refractivity contribution in [3.63, 3.8) is 0 Å². The maximum absolute atomic E-state index is 6.43. The van der Waals surface area contributed by atoms with Crippen LogP contribution in [0.5, 0.6) is 11.5 Å². The molecule has 1 aliphatic rings. The minimum absolute atomic E-state index is 0.649. The first kappa shape index (κ1) is 33.4. The van der Waals surface area contributed by atoms with Crippen molar-refractivity contribution in [1.29, 1.82) is 0 Å². The molecule has 0 fully saturated rings. The average Bonchev–Trinajstić information content (AvgIpc) is 3.31. The summed E-state index contributed by atoms with van der Waals surface area (Å²) in [4.78, 5) is 22.8. The maximum atomic E-state index is 6.43. The molecule has 0 aliphatic carbocycles. The zero-order valence-corrected chi connectivity index (χ0v) is 31.2. The van der Waals surface area contributed by atoms with Gasteiger partial charge in [-0.15, -0.1) is 0 Å². The molecule has 4 heterocycles. The Bertz CT molecular complexity index is 3100. The van der Waals surface area contributed by atoms with Gasteiger partial charge in [0.15, 0.2) is 17.3 Å². The van der Waals surface area contributed by atoms with Crippen LogP contribution >= 0.6 is 0 Å². The molecule has 0 spiro atoms. The van der Waals surface area contributed by atoms with Crippen molar-refractivity contribution in [3.05, 3.63) is 200 Å². The van der Waals surface area contributed by atoms with E-state index in [4.69, 9.17) is 24.7 Å². The number of aromatic nitrogens is 4. The Morgan fingerprint density at radius 1 is 0.362 bits per heavy atom. The number of anilines is 3. The topological polar surface area (TPSA) is 64.0 Å². The third-order valence-corrected chi connectivity index (χ3v) is 10.7. The van der Waals surface area contributed by atoms with Gasteiger partial charge in [-0.2, -0.15) is 0 Å². The highest BCUT2D eigenvalue weighted by molar-refractivity contribution is 6.03. The molecular weight excluding hydrogens is 711 g/mol. The molecule has 272 valence electrons. The smallest absolute Gasteiger partial charge is 0.160 e. The van der Waals surface area contributed by atoms with E-state index in [0.717, 1.165) is 95.3 Å². The number of pyridine rings is 2. The highest BCUT2D eigenvalue weighted by Gasteiger charge is 2.26. The Kier molecular flexibility index (Phi) is 8.04. The molecule has 0 atom stereocenters. The van der Waals surface area contributed by atoms with Crippen molar-refractivity contribution in [2.75, 3.05) is 4.90 Å². The lowest BCUT2D eigenvalue weighted by molar-refractivity contribution is 0.477. The SMILES string of the molecule is c1ccc(-c2ccc(-c3cc(-c4cc(-c5ccc6ccc7cccnc7c6n5)cc(N5c6ccccc6Oc6ccccc65)c4)nc(-c4ccccc4)n3)cc2)cc1. The van der Waals surface area contributed by atoms with Crippen LogP contribution in [0.1, 0.15) is 0 Å². The Morgan fingerprint density at radius 3 is 1.62 bits per heavy atom. The number of ether oxygens (including phenoxy) is 1. The molecule has 0 amide bonds. The predicted molar refractivity (Wildman–Crippen MR) is 235 cm³/mol. The monoisotopic (exact) mass is 743 g/mol. The molecule has 7 aromatic carbocycles. The van der Waals surface area contributed by atoms with Crippen molar-refractivity contribution in [1.82, 2.24) is 19.9 Å². The van der Waals surface area contributed by atoms with E-state index in [1.54, 1.807) is 0 Å². The van der Waals surface area contributed by atoms with E-state index >= 15 is 0 Å². The molecule has 0 bridgehead atoms. The summed E-state index contributed by atoms with van der Waals surface area (Å²) in [6, 6.07) is 66.7. The molecule has 58 heavy (non-hydrogen) atoms. The third kappa shape index (κ3) is 6.01. The molecule has 10 aromatic rings. The Labute approximate surface area is 335 Å². The van der Waals surface area contributed by atoms with Crippen LogP contribution in [-0.4, -0.2) is 19.9 Å². The number of para-hydroxylation sites is 4. The van der Waals surface area contributed by atoms with E-state index < -0.39 is 0 Å². The molecule has 0 unspecified atom stereocenters. The quantitative estimate of drug-likeness (QED) is 0.158. The molecule has 0 N–H and O–H groups in total. The maximum Gasteiger partial charge on any atom is 0.160 e. The second kappa shape index (κ2) is 14.0. The first-order valence-electron chi connectivity index (χ1n) is 19.3. The molecule has 6 nitrogen and oxygen atoms in total. The molecule has 6 heteroatoms. The number of fused-ring (bicyclic) bond motifs is 5. The number of benzene rings is 7. The lowest BCUT2D eigenvalue weighted by Crippen LogP contribution is -2.16. The summed E-state index contributed by atoms with van der Waals surface area (Å²) < 4.78 is 6.43. The number of hydrogen-bond acceptors (Lipinski definition) is 6. The van der Waals surface area contributed by atoms with Crippen LogP contribution in [-0.2, 0) is 0 Å². The number of rotatable bonds is 6. The van der Waals surface area contributed by atoms with Gasteiger partial charge in [-0.3, -0.25) is 4.98 Å². The summed E-state index contributed by atoms with van der Waals surface area (Å²) >= 11 is 0. The lowest BCUT2D eigenvalue weighted by Gasteiger charge is -2.33. The minimum atomic E-state index is 0.649. The van der Waals surface area contributed by atoms with E-state index in [9.17, 15) is 0 Å². The largest absolute Gasteiger partial charge is 0.453 e. The summed E-state index contributed by atoms with van der Waals surface area (Å²) in [6.45, 7) is 0. The van der Waals surface area contributed by atoms with Crippen molar-refractivity contribution in [2.45, 2.75) is 0 Å². The molecular formula is C52H33N5O. The standard InChI is InChI=1S/C52H33N5O/c1-3-12-34(13-4-1)35-21-23-36(24-22-35)44-33-45(56-52(55-44)39-14-5-2-6-15-39)41-30-40(43-28-27-38-26-25-37-16-11-29-53-50(37)51(38)54-43)31-42(32-41)57-46-17-7-9-19-48(46)58-49-20-10-8-18-47(49)57/h1-33H. The minimum Gasteiger partial charge on any atom is -0.453 e. The van der Waals surface area contributed by atoms with Crippen molar-refractivity contribution in [3.8, 4) is 67.8 Å². The van der Waals surface area contributed by atoms with E-state index in [0.29, 0.717) is 5.82 Å². The zero-order chi connectivity index (χ0) is 38.4. The Morgan fingerprint density at radius 2 is 0.914 bits per heavy atom. The second-order valence-electron chi connectivity index (χ2n) is 14.3. The highest BCUT2D eigenvalue weighted by Crippen LogP contribution is 2.51. The van der Waals surface area contributed by atoms with Crippen LogP contribution in [0.3, 0.4) is 0 Å². The van der Waals surface area contributed by atoms with Crippen LogP contribution in [0.2, 0.25) is 0 Å². The Balaban J connectivity index is 1.14. The first-order valence-corrected chi connectivity index (χ1v) is 19.3. The van der Waals surface area contributed by atoms with E-state index in [-0.39, 0.29) is 0 Å². The van der Waals surface area contributed by atoms with Gasteiger partial charge >= 0.3 is 0 Å². The molecule has 0 radical (unpaired) electrons. The fourth-order valence-electron chi connectivity index (χ4n) is 7.83. The van der Waals surface area contributed by atoms with E-state index in [1.807, 2.05) is 72.9 Å². The molecule has 3 aromatic heterocycles. The van der Waals surface area contributed by atoms with Crippen molar-refractivity contribution < 1.29 is 4.74 Å². The molecule has 0 saturated carbocycles. The van der Waals surface area contributed by atoms with E-state index in [2.05, 4.69) is 132 Å². The van der Waals surface area contributed by atoms with Crippen LogP contribution < -0.4 is 9.64 Å². The summed E-state index contributed by atoms with van der Waals surface area (Å²) in [7, 11) is 0. The van der Waals surface area contributed by atoms with Gasteiger partial charge in [0, 0.05) is 44.9 Å². The van der Waals surface area contributed by atoms with Gasteiger partial charge in [-0.1, -0.05) is 133 Å². The van der Waals surface area contributed by atoms with Crippen LogP contribution in [0.25, 0.3) is 78.1 Å². The van der Waals surface area contributed by atoms with E-state index in [1.165, 1.54) is 5.56 Å². The summed E-state index contributed by atoms with van der Waals surface area (Å²) in [6.07, 6.45) is 1.83. The summed E-state index contributed by atoms with van der Waals surface area (Å²) in [5.41, 5.74) is 13.2. The van der Waals surface area contributed by atoms with Gasteiger partial charge in [-0.05, 0) is 71.8 Å². The molecule has 11 rings (SSSR count). The normalized spacial score (nSPS) is 11.9. The van der Waals surface area contributed by atoms with Gasteiger partial charge in [0.2, 0.25) is 0 Å². The fraction of sp³-hybridized carbons (Fsp3) is 0. The highest BCUT2D eigenvalue weighted by atomic mass is 16.5. The summed E-state index contributed by atoms with van der Waals surface area (Å²) in [5.74, 6) is 2.21. The van der Waals surface area contributed by atoms with Gasteiger partial charge in [0.25, 0.3) is 0 Å². The predicted octanol–water partition coefficient (Wildman–Crippen LogP) is 13.5. The third-order valence-electron chi connectivity index (χ3n) is 10.7. The zero-order valence-electron chi connectivity index (χ0n) is 31.2. The van der Waals surface area contributed by atoms with Crippen LogP contribution in [0.4, 0.5) is 17.1 Å². The first-order chi connectivity index (χ1) is 28.7. The van der Waals surface area contributed by atoms with Gasteiger partial charge in [0.1, 0.15) is 0 Å². The van der Waals surface area contributed by atoms with Gasteiger partial charge in [-0.25, -0.2) is 15.0 Å². The Hall–Kier alpha value is -7.96. The van der Waals surface area contributed by atoms with Crippen LogP contribution in [0.15, 0.2) is 200 Å². The molecule has 0 saturated heterocycles. The van der Waals surface area contributed by atoms with Crippen molar-refractivity contribution in [2.24, 2.45) is 0 Å². The average molecular weight is 744 g/mol. The van der Waals surface area contributed by atoms with Gasteiger partial charge < -0.3 is 9.64 Å². The summed E-state index contributed by atoms with van der Waals surface area (Å²) in [5, 5.41) is 2.09. The molecule has 1 aliphatic heterocycles. The number of hydrogen-bond donors (Lipinski definition) is 0. The lowest BCUT2D eigenvalue weighted by atomic mass is 9.99. The second-order valence-corrected chi connectivity index (χ2v) is 14.3. The fourth-order valence-corrected chi connectivity index (χ4v) is 7.83. The van der Waals surface area contributed by atoms with Crippen molar-refractivity contribution >= 4 is 38.9 Å².